The molecule has 0 amide bonds. The Kier molecular flexibility index (Phi) is 3.66. The third-order valence-electron chi connectivity index (χ3n) is 3.78. The summed E-state index contributed by atoms with van der Waals surface area (Å²) in [7, 11) is 1.74. The van der Waals surface area contributed by atoms with Crippen molar-refractivity contribution in [1.29, 1.82) is 0 Å². The van der Waals surface area contributed by atoms with Crippen LogP contribution in [0.25, 0.3) is 0 Å². The second-order valence-corrected chi connectivity index (χ2v) is 5.13. The molecule has 0 saturated heterocycles. The molecule has 1 aliphatic rings. The molecule has 0 heterocycles. The fraction of sp³-hybridized carbons (Fsp3) is 0.571. The number of halogens is 3. The van der Waals surface area contributed by atoms with E-state index >= 15 is 0 Å². The van der Waals surface area contributed by atoms with Gasteiger partial charge >= 0.3 is 0 Å². The van der Waals surface area contributed by atoms with Crippen molar-refractivity contribution in [2.75, 3.05) is 7.05 Å². The van der Waals surface area contributed by atoms with E-state index < -0.39 is 5.92 Å². The Hall–Kier alpha value is -1.03. The maximum absolute atomic E-state index is 13.5. The minimum atomic E-state index is -2.57. The zero-order valence-electron chi connectivity index (χ0n) is 10.6. The largest absolute Gasteiger partial charge is 0.313 e. The number of hydrogen-bond donors (Lipinski definition) is 1. The highest BCUT2D eigenvalue weighted by Gasteiger charge is 2.42. The average Bonchev–Trinajstić information content (AvgIpc) is 2.65. The van der Waals surface area contributed by atoms with Crippen molar-refractivity contribution in [2.24, 2.45) is 5.92 Å². The molecule has 1 N–H and O–H groups in total. The summed E-state index contributed by atoms with van der Waals surface area (Å²) in [5, 5.41) is 3.04. The Labute approximate surface area is 105 Å². The molecule has 4 heteroatoms. The van der Waals surface area contributed by atoms with Crippen molar-refractivity contribution in [2.45, 2.75) is 38.2 Å². The number of aryl methyl sites for hydroxylation is 1. The molecular formula is C14H18F3N. The second-order valence-electron chi connectivity index (χ2n) is 5.13. The Balaban J connectivity index is 2.21. The molecule has 1 aromatic carbocycles. The molecule has 18 heavy (non-hydrogen) atoms. The van der Waals surface area contributed by atoms with Crippen LogP contribution in [0, 0.1) is 18.7 Å². The predicted molar refractivity (Wildman–Crippen MR) is 65.2 cm³/mol. The van der Waals surface area contributed by atoms with Gasteiger partial charge in [0.1, 0.15) is 5.82 Å². The monoisotopic (exact) mass is 257 g/mol. The highest BCUT2D eigenvalue weighted by Crippen LogP contribution is 2.44. The molecule has 0 spiro atoms. The van der Waals surface area contributed by atoms with Crippen LogP contribution in [0.1, 0.15) is 36.4 Å². The van der Waals surface area contributed by atoms with Crippen molar-refractivity contribution >= 4 is 0 Å². The predicted octanol–water partition coefficient (Wildman–Crippen LogP) is 3.83. The standard InChI is InChI=1S/C14H18F3N/c1-9-3-4-10(7-12(9)15)13(18-2)11-5-6-14(16,17)8-11/h3-4,7,11,13,18H,5-6,8H2,1-2H3. The summed E-state index contributed by atoms with van der Waals surface area (Å²) in [6, 6.07) is 4.76. The summed E-state index contributed by atoms with van der Waals surface area (Å²) in [5.74, 6) is -2.98. The summed E-state index contributed by atoms with van der Waals surface area (Å²) in [6.07, 6.45) is 0.298. The molecule has 0 aromatic heterocycles. The van der Waals surface area contributed by atoms with Gasteiger partial charge in [0.2, 0.25) is 5.92 Å². The smallest absolute Gasteiger partial charge is 0.248 e. The molecule has 100 valence electrons. The zero-order valence-corrected chi connectivity index (χ0v) is 10.6. The van der Waals surface area contributed by atoms with E-state index in [1.807, 2.05) is 6.07 Å². The van der Waals surface area contributed by atoms with Gasteiger partial charge in [0.25, 0.3) is 0 Å². The van der Waals surface area contributed by atoms with Crippen LogP contribution >= 0.6 is 0 Å². The number of benzene rings is 1. The Bertz CT molecular complexity index is 431. The minimum absolute atomic E-state index is 0.0653. The Morgan fingerprint density at radius 2 is 2.11 bits per heavy atom. The van der Waals surface area contributed by atoms with E-state index in [-0.39, 0.29) is 30.6 Å². The van der Waals surface area contributed by atoms with Crippen LogP contribution < -0.4 is 5.32 Å². The van der Waals surface area contributed by atoms with E-state index in [0.717, 1.165) is 5.56 Å². The van der Waals surface area contributed by atoms with Gasteiger partial charge in [-0.05, 0) is 43.5 Å². The SMILES string of the molecule is CNC(c1ccc(C)c(F)c1)C1CCC(F)(F)C1. The fourth-order valence-electron chi connectivity index (χ4n) is 2.75. The third-order valence-corrected chi connectivity index (χ3v) is 3.78. The van der Waals surface area contributed by atoms with E-state index in [1.54, 1.807) is 20.0 Å². The lowest BCUT2D eigenvalue weighted by Gasteiger charge is -2.24. The molecule has 2 rings (SSSR count). The molecule has 1 aliphatic carbocycles. The van der Waals surface area contributed by atoms with Crippen molar-refractivity contribution in [3.63, 3.8) is 0 Å². The van der Waals surface area contributed by atoms with Gasteiger partial charge in [0.15, 0.2) is 0 Å². The molecule has 0 aliphatic heterocycles. The van der Waals surface area contributed by atoms with Crippen molar-refractivity contribution in [3.8, 4) is 0 Å². The summed E-state index contributed by atoms with van der Waals surface area (Å²) in [6.45, 7) is 1.69. The molecule has 0 radical (unpaired) electrons. The molecular weight excluding hydrogens is 239 g/mol. The lowest BCUT2D eigenvalue weighted by Crippen LogP contribution is -2.25. The molecule has 2 unspecified atom stereocenters. The molecule has 1 fully saturated rings. The van der Waals surface area contributed by atoms with Gasteiger partial charge < -0.3 is 5.32 Å². The molecule has 2 atom stereocenters. The van der Waals surface area contributed by atoms with E-state index in [0.29, 0.717) is 12.0 Å². The molecule has 1 nitrogen and oxygen atoms in total. The van der Waals surface area contributed by atoms with Gasteiger partial charge in [0, 0.05) is 18.9 Å². The lowest BCUT2D eigenvalue weighted by atomic mass is 9.91. The van der Waals surface area contributed by atoms with Crippen LogP contribution in [0.3, 0.4) is 0 Å². The first-order valence-electron chi connectivity index (χ1n) is 6.24. The normalized spacial score (nSPS) is 24.2. The third kappa shape index (κ3) is 2.69. The van der Waals surface area contributed by atoms with E-state index in [2.05, 4.69) is 5.32 Å². The highest BCUT2D eigenvalue weighted by molar-refractivity contribution is 5.26. The summed E-state index contributed by atoms with van der Waals surface area (Å²) < 4.78 is 40.0. The quantitative estimate of drug-likeness (QED) is 0.867. The Morgan fingerprint density at radius 1 is 1.39 bits per heavy atom. The van der Waals surface area contributed by atoms with Gasteiger partial charge in [-0.15, -0.1) is 0 Å². The van der Waals surface area contributed by atoms with E-state index in [9.17, 15) is 13.2 Å². The van der Waals surface area contributed by atoms with Crippen LogP contribution in [0.5, 0.6) is 0 Å². The molecule has 1 saturated carbocycles. The molecule has 0 bridgehead atoms. The second kappa shape index (κ2) is 4.92. The highest BCUT2D eigenvalue weighted by atomic mass is 19.3. The van der Waals surface area contributed by atoms with Crippen molar-refractivity contribution < 1.29 is 13.2 Å². The van der Waals surface area contributed by atoms with Crippen LogP contribution in [0.2, 0.25) is 0 Å². The number of rotatable bonds is 3. The fourth-order valence-corrected chi connectivity index (χ4v) is 2.75. The summed E-state index contributed by atoms with van der Waals surface area (Å²) in [5.41, 5.74) is 1.33. The first-order valence-corrected chi connectivity index (χ1v) is 6.24. The zero-order chi connectivity index (χ0) is 13.3. The lowest BCUT2D eigenvalue weighted by molar-refractivity contribution is 0.00340. The van der Waals surface area contributed by atoms with Crippen LogP contribution in [-0.2, 0) is 0 Å². The number of hydrogen-bond acceptors (Lipinski definition) is 1. The van der Waals surface area contributed by atoms with Gasteiger partial charge in [-0.1, -0.05) is 12.1 Å². The number of alkyl halides is 2. The van der Waals surface area contributed by atoms with Crippen LogP contribution in [-0.4, -0.2) is 13.0 Å². The molecule has 1 aromatic rings. The summed E-state index contributed by atoms with van der Waals surface area (Å²) >= 11 is 0. The maximum atomic E-state index is 13.5. The van der Waals surface area contributed by atoms with Crippen LogP contribution in [0.4, 0.5) is 13.2 Å². The van der Waals surface area contributed by atoms with Gasteiger partial charge in [0.05, 0.1) is 0 Å². The van der Waals surface area contributed by atoms with Crippen LogP contribution in [0.15, 0.2) is 18.2 Å². The minimum Gasteiger partial charge on any atom is -0.313 e. The maximum Gasteiger partial charge on any atom is 0.248 e. The van der Waals surface area contributed by atoms with Crippen molar-refractivity contribution in [1.82, 2.24) is 5.32 Å². The van der Waals surface area contributed by atoms with Gasteiger partial charge in [-0.2, -0.15) is 0 Å². The summed E-state index contributed by atoms with van der Waals surface area (Å²) in [4.78, 5) is 0. The number of nitrogens with one attached hydrogen (secondary N) is 1. The van der Waals surface area contributed by atoms with E-state index in [1.165, 1.54) is 6.07 Å². The Morgan fingerprint density at radius 3 is 2.61 bits per heavy atom. The average molecular weight is 257 g/mol. The topological polar surface area (TPSA) is 12.0 Å². The first-order chi connectivity index (χ1) is 8.43. The van der Waals surface area contributed by atoms with E-state index in [4.69, 9.17) is 0 Å². The van der Waals surface area contributed by atoms with Crippen molar-refractivity contribution in [3.05, 3.63) is 35.1 Å². The van der Waals surface area contributed by atoms with Gasteiger partial charge in [-0.25, -0.2) is 13.2 Å². The first kappa shape index (κ1) is 13.4. The van der Waals surface area contributed by atoms with Gasteiger partial charge in [-0.3, -0.25) is 0 Å².